The van der Waals surface area contributed by atoms with Gasteiger partial charge in [0.2, 0.25) is 0 Å². The average Bonchev–Trinajstić information content (AvgIpc) is 2.38. The van der Waals surface area contributed by atoms with E-state index in [-0.39, 0.29) is 6.61 Å². The number of hydrogen-bond donors (Lipinski definition) is 3. The fraction of sp³-hybridized carbons (Fsp3) is 0.562. The minimum absolute atomic E-state index is 0.207. The lowest BCUT2D eigenvalue weighted by molar-refractivity contribution is 0.246. The van der Waals surface area contributed by atoms with E-state index in [1.54, 1.807) is 0 Å². The summed E-state index contributed by atoms with van der Waals surface area (Å²) in [6.07, 6.45) is 1.83. The van der Waals surface area contributed by atoms with E-state index >= 15 is 0 Å². The molecule has 0 saturated carbocycles. The molecule has 20 heavy (non-hydrogen) atoms. The zero-order valence-corrected chi connectivity index (χ0v) is 12.8. The topological polar surface area (TPSA) is 70.6 Å². The number of nitrogens with zero attached hydrogens (tertiary/aromatic N) is 1. The average molecular weight is 277 g/mol. The van der Waals surface area contributed by atoms with Crippen LogP contribution in [0.3, 0.4) is 0 Å². The van der Waals surface area contributed by atoms with Crippen LogP contribution in [0.1, 0.15) is 32.3 Å². The van der Waals surface area contributed by atoms with Gasteiger partial charge in [0.25, 0.3) is 0 Å². The van der Waals surface area contributed by atoms with Gasteiger partial charge in [0, 0.05) is 18.8 Å². The monoisotopic (exact) mass is 277 g/mol. The molecule has 112 valence electrons. The van der Waals surface area contributed by atoms with Gasteiger partial charge in [-0.3, -0.25) is 4.99 Å². The number of benzene rings is 1. The molecular weight excluding hydrogens is 250 g/mol. The highest BCUT2D eigenvalue weighted by molar-refractivity contribution is 5.92. The number of anilines is 1. The van der Waals surface area contributed by atoms with Gasteiger partial charge in [-0.1, -0.05) is 31.5 Å². The summed E-state index contributed by atoms with van der Waals surface area (Å²) < 4.78 is 0. The Hall–Kier alpha value is -1.55. The molecule has 4 N–H and O–H groups in total. The molecule has 0 aromatic heterocycles. The number of nitrogens with one attached hydrogen (secondary N) is 1. The molecule has 0 spiro atoms. The number of aliphatic hydroxyl groups excluding tert-OH is 1. The van der Waals surface area contributed by atoms with Crippen molar-refractivity contribution in [3.63, 3.8) is 0 Å². The van der Waals surface area contributed by atoms with Crippen LogP contribution < -0.4 is 11.1 Å². The van der Waals surface area contributed by atoms with Crippen molar-refractivity contribution in [2.24, 2.45) is 22.6 Å². The molecule has 0 amide bonds. The predicted octanol–water partition coefficient (Wildman–Crippen LogP) is 2.77. The fourth-order valence-electron chi connectivity index (χ4n) is 2.18. The Bertz CT molecular complexity index is 412. The maximum Gasteiger partial charge on any atom is 0.193 e. The van der Waals surface area contributed by atoms with Gasteiger partial charge >= 0.3 is 0 Å². The van der Waals surface area contributed by atoms with Crippen molar-refractivity contribution < 1.29 is 5.11 Å². The van der Waals surface area contributed by atoms with Crippen LogP contribution in [0.25, 0.3) is 0 Å². The van der Waals surface area contributed by atoms with Crippen LogP contribution in [-0.4, -0.2) is 24.2 Å². The van der Waals surface area contributed by atoms with E-state index in [0.29, 0.717) is 24.3 Å². The zero-order valence-electron chi connectivity index (χ0n) is 12.8. The molecule has 0 heterocycles. The molecule has 0 aliphatic heterocycles. The first-order valence-electron chi connectivity index (χ1n) is 7.25. The lowest BCUT2D eigenvalue weighted by Gasteiger charge is -2.16. The van der Waals surface area contributed by atoms with Crippen LogP contribution in [0.15, 0.2) is 29.3 Å². The second kappa shape index (κ2) is 8.59. The van der Waals surface area contributed by atoms with Gasteiger partial charge in [0.15, 0.2) is 5.96 Å². The summed E-state index contributed by atoms with van der Waals surface area (Å²) in [6, 6.07) is 8.03. The van der Waals surface area contributed by atoms with Gasteiger partial charge in [0.1, 0.15) is 0 Å². The highest BCUT2D eigenvalue weighted by Crippen LogP contribution is 2.15. The molecule has 0 bridgehead atoms. The van der Waals surface area contributed by atoms with Crippen LogP contribution in [-0.2, 0) is 0 Å². The summed E-state index contributed by atoms with van der Waals surface area (Å²) in [7, 11) is 0. The highest BCUT2D eigenvalue weighted by Gasteiger charge is 2.10. The first kappa shape index (κ1) is 16.5. The van der Waals surface area contributed by atoms with Crippen molar-refractivity contribution in [3.8, 4) is 0 Å². The summed E-state index contributed by atoms with van der Waals surface area (Å²) in [5, 5.41) is 12.2. The van der Waals surface area contributed by atoms with Gasteiger partial charge < -0.3 is 16.2 Å². The summed E-state index contributed by atoms with van der Waals surface area (Å²) in [5.41, 5.74) is 8.05. The molecule has 1 rings (SSSR count). The quantitative estimate of drug-likeness (QED) is 0.530. The number of hydrogen-bond acceptors (Lipinski definition) is 2. The second-order valence-electron chi connectivity index (χ2n) is 5.72. The van der Waals surface area contributed by atoms with Crippen molar-refractivity contribution in [1.82, 2.24) is 0 Å². The smallest absolute Gasteiger partial charge is 0.193 e. The molecule has 0 aliphatic rings. The minimum atomic E-state index is 0.207. The van der Waals surface area contributed by atoms with Crippen molar-refractivity contribution in [1.29, 1.82) is 0 Å². The molecule has 4 nitrogen and oxygen atoms in total. The lowest BCUT2D eigenvalue weighted by atomic mass is 9.94. The Morgan fingerprint density at radius 2 is 1.95 bits per heavy atom. The third kappa shape index (κ3) is 6.57. The van der Waals surface area contributed by atoms with Gasteiger partial charge in [-0.05, 0) is 43.7 Å². The maximum absolute atomic E-state index is 9.08. The van der Waals surface area contributed by atoms with Crippen LogP contribution in [0.4, 0.5) is 5.69 Å². The molecular formula is C16H27N3O. The van der Waals surface area contributed by atoms with E-state index in [1.165, 1.54) is 5.56 Å². The molecule has 0 radical (unpaired) electrons. The number of guanidine groups is 1. The van der Waals surface area contributed by atoms with E-state index in [1.807, 2.05) is 31.2 Å². The van der Waals surface area contributed by atoms with Gasteiger partial charge in [0.05, 0.1) is 0 Å². The Balaban J connectivity index is 2.52. The SMILES string of the molecule is Cc1ccc(NC(N)=NCC(CCO)CC(C)C)cc1. The van der Waals surface area contributed by atoms with Crippen LogP contribution >= 0.6 is 0 Å². The van der Waals surface area contributed by atoms with E-state index < -0.39 is 0 Å². The van der Waals surface area contributed by atoms with E-state index in [4.69, 9.17) is 10.8 Å². The van der Waals surface area contributed by atoms with Crippen LogP contribution in [0.5, 0.6) is 0 Å². The number of aliphatic hydroxyl groups is 1. The number of nitrogens with two attached hydrogens (primary N) is 1. The first-order chi connectivity index (χ1) is 9.51. The molecule has 0 aliphatic carbocycles. The van der Waals surface area contributed by atoms with E-state index in [0.717, 1.165) is 18.5 Å². The Kier molecular flexibility index (Phi) is 7.09. The normalized spacial score (nSPS) is 13.6. The van der Waals surface area contributed by atoms with Crippen LogP contribution in [0.2, 0.25) is 0 Å². The summed E-state index contributed by atoms with van der Waals surface area (Å²) >= 11 is 0. The highest BCUT2D eigenvalue weighted by atomic mass is 16.3. The number of aliphatic imine (C=N–C) groups is 1. The van der Waals surface area contributed by atoms with E-state index in [9.17, 15) is 0 Å². The number of rotatable bonds is 7. The molecule has 1 atom stereocenters. The largest absolute Gasteiger partial charge is 0.396 e. The Morgan fingerprint density at radius 1 is 1.30 bits per heavy atom. The van der Waals surface area contributed by atoms with Crippen molar-refractivity contribution in [2.45, 2.75) is 33.6 Å². The Morgan fingerprint density at radius 3 is 2.50 bits per heavy atom. The number of aryl methyl sites for hydroxylation is 1. The van der Waals surface area contributed by atoms with Gasteiger partial charge in [-0.2, -0.15) is 0 Å². The van der Waals surface area contributed by atoms with E-state index in [2.05, 4.69) is 24.2 Å². The summed E-state index contributed by atoms with van der Waals surface area (Å²) in [5.74, 6) is 1.42. The molecule has 1 unspecified atom stereocenters. The maximum atomic E-state index is 9.08. The first-order valence-corrected chi connectivity index (χ1v) is 7.25. The Labute approximate surface area is 122 Å². The van der Waals surface area contributed by atoms with Gasteiger partial charge in [-0.25, -0.2) is 0 Å². The summed E-state index contributed by atoms with van der Waals surface area (Å²) in [4.78, 5) is 4.39. The molecule has 0 saturated heterocycles. The predicted molar refractivity (Wildman–Crippen MR) is 85.9 cm³/mol. The lowest BCUT2D eigenvalue weighted by Crippen LogP contribution is -2.24. The fourth-order valence-corrected chi connectivity index (χ4v) is 2.18. The van der Waals surface area contributed by atoms with Crippen LogP contribution in [0, 0.1) is 18.8 Å². The minimum Gasteiger partial charge on any atom is -0.396 e. The molecule has 1 aromatic carbocycles. The third-order valence-corrected chi connectivity index (χ3v) is 3.19. The van der Waals surface area contributed by atoms with Crippen molar-refractivity contribution in [2.75, 3.05) is 18.5 Å². The molecule has 0 fully saturated rings. The summed E-state index contributed by atoms with van der Waals surface area (Å²) in [6.45, 7) is 7.28. The zero-order chi connectivity index (χ0) is 15.0. The van der Waals surface area contributed by atoms with Crippen molar-refractivity contribution in [3.05, 3.63) is 29.8 Å². The molecule has 1 aromatic rings. The van der Waals surface area contributed by atoms with Crippen molar-refractivity contribution >= 4 is 11.6 Å². The van der Waals surface area contributed by atoms with Gasteiger partial charge in [-0.15, -0.1) is 0 Å². The standard InChI is InChI=1S/C16H27N3O/c1-12(2)10-14(8-9-20)11-18-16(17)19-15-6-4-13(3)5-7-15/h4-7,12,14,20H,8-11H2,1-3H3,(H3,17,18,19). The second-order valence-corrected chi connectivity index (χ2v) is 5.72. The third-order valence-electron chi connectivity index (χ3n) is 3.19. The molecule has 4 heteroatoms.